The molecule has 0 unspecified atom stereocenters. The fraction of sp³-hybridized carbons (Fsp3) is 0.588. The number of ether oxygens (including phenoxy) is 1. The minimum Gasteiger partial charge on any atom is -0.371 e. The van der Waals surface area contributed by atoms with Gasteiger partial charge >= 0.3 is 0 Å². The van der Waals surface area contributed by atoms with Gasteiger partial charge in [0.25, 0.3) is 0 Å². The lowest BCUT2D eigenvalue weighted by Gasteiger charge is -2.14. The number of nitrogens with one attached hydrogen (secondary N) is 1. The summed E-state index contributed by atoms with van der Waals surface area (Å²) >= 11 is 0. The number of benzene rings is 1. The zero-order chi connectivity index (χ0) is 15.1. The highest BCUT2D eigenvalue weighted by molar-refractivity contribution is 5.77. The molecule has 0 atom stereocenters. The molecule has 0 aromatic heterocycles. The van der Waals surface area contributed by atoms with E-state index in [2.05, 4.69) is 36.3 Å². The molecule has 1 aliphatic carbocycles. The second-order valence-electron chi connectivity index (χ2n) is 5.89. The minimum absolute atomic E-state index is 0.0354. The van der Waals surface area contributed by atoms with Crippen LogP contribution in [0.2, 0.25) is 0 Å². The van der Waals surface area contributed by atoms with Crippen LogP contribution in [0.5, 0.6) is 0 Å². The highest BCUT2D eigenvalue weighted by atomic mass is 16.5. The highest BCUT2D eigenvalue weighted by Gasteiger charge is 2.21. The number of nitrogens with zero attached hydrogens (tertiary/aromatic N) is 1. The first-order chi connectivity index (χ1) is 10.2. The van der Waals surface area contributed by atoms with Crippen LogP contribution in [0.4, 0.5) is 0 Å². The van der Waals surface area contributed by atoms with Gasteiger partial charge in [-0.15, -0.1) is 0 Å². The third kappa shape index (κ3) is 6.27. The molecular weight excluding hydrogens is 264 g/mol. The standard InChI is InChI=1S/C17H26N2O2/c1-3-19(2)11-16-6-4-5-15(9-16)10-18-17(20)13-21-12-14-7-8-14/h4-6,9,14H,3,7-8,10-13H2,1-2H3,(H,18,20). The summed E-state index contributed by atoms with van der Waals surface area (Å²) in [5.41, 5.74) is 2.41. The predicted molar refractivity (Wildman–Crippen MR) is 83.8 cm³/mol. The molecule has 1 aromatic rings. The summed E-state index contributed by atoms with van der Waals surface area (Å²) in [4.78, 5) is 13.9. The van der Waals surface area contributed by atoms with Gasteiger partial charge in [-0.3, -0.25) is 4.79 Å². The van der Waals surface area contributed by atoms with Crippen LogP contribution < -0.4 is 5.32 Å². The van der Waals surface area contributed by atoms with E-state index in [0.717, 1.165) is 25.3 Å². The Balaban J connectivity index is 1.71. The summed E-state index contributed by atoms with van der Waals surface area (Å²) in [5, 5.41) is 2.91. The average molecular weight is 290 g/mol. The Morgan fingerprint density at radius 1 is 1.38 bits per heavy atom. The molecule has 0 aliphatic heterocycles. The van der Waals surface area contributed by atoms with Gasteiger partial charge in [-0.1, -0.05) is 31.2 Å². The molecule has 4 nitrogen and oxygen atoms in total. The van der Waals surface area contributed by atoms with E-state index in [1.165, 1.54) is 18.4 Å². The van der Waals surface area contributed by atoms with Crippen molar-refractivity contribution in [3.8, 4) is 0 Å². The van der Waals surface area contributed by atoms with Crippen molar-refractivity contribution in [2.75, 3.05) is 26.8 Å². The number of carbonyl (C=O) groups excluding carboxylic acids is 1. The van der Waals surface area contributed by atoms with Crippen LogP contribution in [0, 0.1) is 5.92 Å². The van der Waals surface area contributed by atoms with E-state index in [4.69, 9.17) is 4.74 Å². The van der Waals surface area contributed by atoms with Gasteiger partial charge in [0.05, 0.1) is 6.61 Å². The van der Waals surface area contributed by atoms with Gasteiger partial charge < -0.3 is 15.0 Å². The van der Waals surface area contributed by atoms with Crippen LogP contribution in [0.3, 0.4) is 0 Å². The van der Waals surface area contributed by atoms with Gasteiger partial charge in [0.1, 0.15) is 6.61 Å². The quantitative estimate of drug-likeness (QED) is 0.758. The van der Waals surface area contributed by atoms with Crippen molar-refractivity contribution in [2.24, 2.45) is 5.92 Å². The third-order valence-electron chi connectivity index (χ3n) is 3.76. The van der Waals surface area contributed by atoms with Gasteiger partial charge in [-0.05, 0) is 43.5 Å². The van der Waals surface area contributed by atoms with Crippen molar-refractivity contribution in [1.29, 1.82) is 0 Å². The average Bonchev–Trinajstić information content (AvgIpc) is 3.29. The Morgan fingerprint density at radius 3 is 2.86 bits per heavy atom. The molecule has 1 N–H and O–H groups in total. The van der Waals surface area contributed by atoms with Crippen molar-refractivity contribution in [1.82, 2.24) is 10.2 Å². The number of hydrogen-bond acceptors (Lipinski definition) is 3. The Bertz CT molecular complexity index is 458. The van der Waals surface area contributed by atoms with Gasteiger partial charge in [0, 0.05) is 13.1 Å². The summed E-state index contributed by atoms with van der Waals surface area (Å²) in [6, 6.07) is 8.36. The van der Waals surface area contributed by atoms with Gasteiger partial charge in [-0.2, -0.15) is 0 Å². The van der Waals surface area contributed by atoms with E-state index < -0.39 is 0 Å². The lowest BCUT2D eigenvalue weighted by Crippen LogP contribution is -2.27. The maximum Gasteiger partial charge on any atom is 0.246 e. The van der Waals surface area contributed by atoms with Crippen molar-refractivity contribution in [2.45, 2.75) is 32.9 Å². The Labute approximate surface area is 127 Å². The molecule has 0 saturated heterocycles. The summed E-state index contributed by atoms with van der Waals surface area (Å²) < 4.78 is 5.38. The molecule has 1 saturated carbocycles. The molecule has 1 fully saturated rings. The highest BCUT2D eigenvalue weighted by Crippen LogP contribution is 2.28. The first kappa shape index (κ1) is 16.0. The Hall–Kier alpha value is -1.39. The molecule has 0 bridgehead atoms. The zero-order valence-corrected chi connectivity index (χ0v) is 13.1. The van der Waals surface area contributed by atoms with Gasteiger partial charge in [-0.25, -0.2) is 0 Å². The second kappa shape index (κ2) is 8.15. The number of carbonyl (C=O) groups is 1. The van der Waals surface area contributed by atoms with Crippen molar-refractivity contribution < 1.29 is 9.53 Å². The largest absolute Gasteiger partial charge is 0.371 e. The Kier molecular flexibility index (Phi) is 6.21. The van der Waals surface area contributed by atoms with Crippen LogP contribution >= 0.6 is 0 Å². The lowest BCUT2D eigenvalue weighted by atomic mass is 10.1. The van der Waals surface area contributed by atoms with E-state index >= 15 is 0 Å². The number of amides is 1. The van der Waals surface area contributed by atoms with Crippen LogP contribution in [-0.4, -0.2) is 37.6 Å². The fourth-order valence-electron chi connectivity index (χ4n) is 2.12. The lowest BCUT2D eigenvalue weighted by molar-refractivity contribution is -0.126. The fourth-order valence-corrected chi connectivity index (χ4v) is 2.12. The van der Waals surface area contributed by atoms with Crippen LogP contribution in [0.1, 0.15) is 30.9 Å². The Morgan fingerprint density at radius 2 is 2.14 bits per heavy atom. The van der Waals surface area contributed by atoms with Crippen molar-refractivity contribution in [3.63, 3.8) is 0 Å². The van der Waals surface area contributed by atoms with Crippen LogP contribution in [0.25, 0.3) is 0 Å². The van der Waals surface area contributed by atoms with E-state index in [1.54, 1.807) is 0 Å². The molecule has 0 heterocycles. The molecule has 0 spiro atoms. The van der Waals surface area contributed by atoms with Crippen LogP contribution in [-0.2, 0) is 22.6 Å². The maximum atomic E-state index is 11.7. The number of hydrogen-bond donors (Lipinski definition) is 1. The normalized spacial score (nSPS) is 14.4. The first-order valence-electron chi connectivity index (χ1n) is 7.78. The molecule has 1 amide bonds. The third-order valence-corrected chi connectivity index (χ3v) is 3.76. The first-order valence-corrected chi connectivity index (χ1v) is 7.78. The van der Waals surface area contributed by atoms with Crippen LogP contribution in [0.15, 0.2) is 24.3 Å². The van der Waals surface area contributed by atoms with E-state index in [-0.39, 0.29) is 12.5 Å². The predicted octanol–water partition coefficient (Wildman–Crippen LogP) is 2.18. The van der Waals surface area contributed by atoms with E-state index in [9.17, 15) is 4.79 Å². The summed E-state index contributed by atoms with van der Waals surface area (Å²) in [6.07, 6.45) is 2.50. The smallest absolute Gasteiger partial charge is 0.246 e. The second-order valence-corrected chi connectivity index (χ2v) is 5.89. The van der Waals surface area contributed by atoms with Crippen molar-refractivity contribution in [3.05, 3.63) is 35.4 Å². The molecular formula is C17H26N2O2. The van der Waals surface area contributed by atoms with E-state index in [0.29, 0.717) is 12.5 Å². The number of rotatable bonds is 9. The maximum absolute atomic E-state index is 11.7. The molecule has 4 heteroatoms. The van der Waals surface area contributed by atoms with Gasteiger partial charge in [0.2, 0.25) is 5.91 Å². The molecule has 116 valence electrons. The summed E-state index contributed by atoms with van der Waals surface area (Å²) in [6.45, 7) is 5.57. The SMILES string of the molecule is CCN(C)Cc1cccc(CNC(=O)COCC2CC2)c1. The summed E-state index contributed by atoms with van der Waals surface area (Å²) in [5.74, 6) is 0.664. The van der Waals surface area contributed by atoms with Crippen molar-refractivity contribution >= 4 is 5.91 Å². The molecule has 1 aliphatic rings. The minimum atomic E-state index is -0.0354. The zero-order valence-electron chi connectivity index (χ0n) is 13.1. The molecule has 1 aromatic carbocycles. The topological polar surface area (TPSA) is 41.6 Å². The monoisotopic (exact) mass is 290 g/mol. The van der Waals surface area contributed by atoms with E-state index in [1.807, 2.05) is 12.1 Å². The molecule has 0 radical (unpaired) electrons. The summed E-state index contributed by atoms with van der Waals surface area (Å²) in [7, 11) is 2.10. The molecule has 2 rings (SSSR count). The van der Waals surface area contributed by atoms with Gasteiger partial charge in [0.15, 0.2) is 0 Å². The molecule has 21 heavy (non-hydrogen) atoms.